The molecule has 3 aromatic rings. The minimum Gasteiger partial charge on any atom is -0.340 e. The lowest BCUT2D eigenvalue weighted by Crippen LogP contribution is -2.33. The summed E-state index contributed by atoms with van der Waals surface area (Å²) in [7, 11) is 0.0379. The zero-order chi connectivity index (χ0) is 20.8. The van der Waals surface area contributed by atoms with Crippen molar-refractivity contribution in [1.82, 2.24) is 4.67 Å². The average Bonchev–Trinajstić information content (AvgIpc) is 3.36. The van der Waals surface area contributed by atoms with Gasteiger partial charge in [0, 0.05) is 16.7 Å². The van der Waals surface area contributed by atoms with Gasteiger partial charge in [-0.3, -0.25) is 0 Å². The molecule has 1 aliphatic rings. The summed E-state index contributed by atoms with van der Waals surface area (Å²) in [6.07, 6.45) is -0.127. The summed E-state index contributed by atoms with van der Waals surface area (Å²) in [4.78, 5) is 0. The maximum absolute atomic E-state index is 6.97. The highest BCUT2D eigenvalue weighted by Gasteiger charge is 2.34. The highest BCUT2D eigenvalue weighted by atomic mass is 31.2. The molecule has 0 unspecified atom stereocenters. The van der Waals surface area contributed by atoms with Crippen molar-refractivity contribution in [3.8, 4) is 0 Å². The van der Waals surface area contributed by atoms with E-state index in [0.29, 0.717) is 13.2 Å². The predicted molar refractivity (Wildman–Crippen MR) is 125 cm³/mol. The van der Waals surface area contributed by atoms with Gasteiger partial charge in [-0.1, -0.05) is 91.0 Å². The number of nitrogens with zero attached hydrogens (tertiary/aromatic N) is 1. The third kappa shape index (κ3) is 5.15. The Morgan fingerprint density at radius 1 is 0.800 bits per heavy atom. The number of likely N-dealkylation sites (N-methyl/N-ethyl adjacent to an activating group) is 1. The summed E-state index contributed by atoms with van der Waals surface area (Å²) in [5.41, 5.74) is 1.16. The van der Waals surface area contributed by atoms with Crippen molar-refractivity contribution < 1.29 is 13.6 Å². The molecule has 0 amide bonds. The van der Waals surface area contributed by atoms with Crippen LogP contribution in [0.25, 0.3) is 0 Å². The minimum atomic E-state index is -1.04. The summed E-state index contributed by atoms with van der Waals surface area (Å²) < 4.78 is 20.8. The van der Waals surface area contributed by atoms with Crippen LogP contribution in [0.1, 0.15) is 18.6 Å². The highest BCUT2D eigenvalue weighted by Crippen LogP contribution is 2.50. The van der Waals surface area contributed by atoms with Gasteiger partial charge >= 0.3 is 0 Å². The maximum Gasteiger partial charge on any atom is 0.258 e. The van der Waals surface area contributed by atoms with Crippen LogP contribution < -0.4 is 10.6 Å². The van der Waals surface area contributed by atoms with Gasteiger partial charge < -0.3 is 13.6 Å². The fourth-order valence-corrected chi connectivity index (χ4v) is 6.65. The van der Waals surface area contributed by atoms with E-state index in [0.717, 1.165) is 5.56 Å². The molecule has 4 nitrogen and oxygen atoms in total. The largest absolute Gasteiger partial charge is 0.340 e. The van der Waals surface area contributed by atoms with Crippen molar-refractivity contribution in [2.45, 2.75) is 19.1 Å². The first-order valence-corrected chi connectivity index (χ1v) is 12.5. The molecule has 0 radical (unpaired) electrons. The van der Waals surface area contributed by atoms with E-state index in [4.69, 9.17) is 13.6 Å². The maximum atomic E-state index is 6.97. The van der Waals surface area contributed by atoms with E-state index in [-0.39, 0.29) is 12.1 Å². The first-order chi connectivity index (χ1) is 14.7. The van der Waals surface area contributed by atoms with Gasteiger partial charge in [0.05, 0.1) is 21.4 Å². The lowest BCUT2D eigenvalue weighted by atomic mass is 10.0. The first-order valence-electron chi connectivity index (χ1n) is 10.1. The minimum absolute atomic E-state index is 0.0778. The lowest BCUT2D eigenvalue weighted by Gasteiger charge is -2.35. The van der Waals surface area contributed by atoms with Gasteiger partial charge in [0.2, 0.25) is 0 Å². The van der Waals surface area contributed by atoms with Gasteiger partial charge in [-0.15, -0.1) is 0 Å². The Morgan fingerprint density at radius 2 is 1.27 bits per heavy atom. The monoisotopic (exact) mass is 439 g/mol. The number of hydrogen-bond donors (Lipinski definition) is 0. The number of benzene rings is 3. The number of hydrogen-bond acceptors (Lipinski definition) is 4. The van der Waals surface area contributed by atoms with E-state index < -0.39 is 16.7 Å². The van der Waals surface area contributed by atoms with Crippen LogP contribution in [-0.4, -0.2) is 31.0 Å². The fourth-order valence-electron chi connectivity index (χ4n) is 3.38. The van der Waals surface area contributed by atoms with Crippen molar-refractivity contribution >= 4 is 27.3 Å². The Balaban J connectivity index is 1.68. The molecule has 1 fully saturated rings. The van der Waals surface area contributed by atoms with E-state index in [9.17, 15) is 0 Å². The average molecular weight is 439 g/mol. The summed E-state index contributed by atoms with van der Waals surface area (Å²) >= 11 is 0. The molecule has 6 heteroatoms. The third-order valence-electron chi connectivity index (χ3n) is 5.10. The Morgan fingerprint density at radius 3 is 1.77 bits per heavy atom. The van der Waals surface area contributed by atoms with Crippen LogP contribution in [0, 0.1) is 0 Å². The molecule has 0 spiro atoms. The molecule has 3 aromatic carbocycles. The van der Waals surface area contributed by atoms with E-state index in [2.05, 4.69) is 91.4 Å². The number of rotatable bonds is 8. The van der Waals surface area contributed by atoms with Crippen LogP contribution in [0.15, 0.2) is 91.0 Å². The van der Waals surface area contributed by atoms with Crippen molar-refractivity contribution in [2.75, 3.05) is 20.3 Å². The van der Waals surface area contributed by atoms with E-state index in [1.807, 2.05) is 18.2 Å². The standard InChI is InChI=1S/C24H27NO3P2/c1-20(25(2)30-26-18-19-27-30)24(21-12-6-3-7-13-21)28-29(22-14-8-4-9-15-22)23-16-10-5-11-17-23/h3-17,20,24H,18-19H2,1-2H3/t20-,24-/m1/s1. The van der Waals surface area contributed by atoms with Crippen molar-refractivity contribution in [1.29, 1.82) is 0 Å². The second kappa shape index (κ2) is 10.6. The molecule has 0 bridgehead atoms. The van der Waals surface area contributed by atoms with Crippen LogP contribution in [0.4, 0.5) is 0 Å². The molecule has 0 N–H and O–H groups in total. The quantitative estimate of drug-likeness (QED) is 0.441. The smallest absolute Gasteiger partial charge is 0.258 e. The summed E-state index contributed by atoms with van der Waals surface area (Å²) in [6, 6.07) is 31.6. The van der Waals surface area contributed by atoms with Gasteiger partial charge in [-0.2, -0.15) is 0 Å². The fraction of sp³-hybridized carbons (Fsp3) is 0.250. The lowest BCUT2D eigenvalue weighted by molar-refractivity contribution is 0.141. The van der Waals surface area contributed by atoms with Crippen molar-refractivity contribution in [3.05, 3.63) is 96.6 Å². The molecule has 0 aliphatic carbocycles. The molecule has 1 heterocycles. The summed E-state index contributed by atoms with van der Waals surface area (Å²) in [6.45, 7) is 3.50. The Bertz CT molecular complexity index is 853. The van der Waals surface area contributed by atoms with Crippen molar-refractivity contribution in [2.24, 2.45) is 0 Å². The second-order valence-electron chi connectivity index (χ2n) is 7.12. The van der Waals surface area contributed by atoms with Gasteiger partial charge in [0.25, 0.3) is 8.53 Å². The molecule has 1 aliphatic heterocycles. The van der Waals surface area contributed by atoms with Gasteiger partial charge in [0.15, 0.2) is 0 Å². The Hall–Kier alpha value is -1.64. The third-order valence-corrected chi connectivity index (χ3v) is 8.76. The van der Waals surface area contributed by atoms with Crippen molar-refractivity contribution in [3.63, 3.8) is 0 Å². The normalized spacial score (nSPS) is 16.8. The SMILES string of the molecule is C[C@H]([C@@H](OP(c1ccccc1)c1ccccc1)c1ccccc1)N(C)P1OCCO1. The Labute approximate surface area is 181 Å². The molecule has 4 rings (SSSR count). The van der Waals surface area contributed by atoms with Crippen LogP contribution in [-0.2, 0) is 13.6 Å². The van der Waals surface area contributed by atoms with Crippen LogP contribution >= 0.6 is 16.7 Å². The van der Waals surface area contributed by atoms with Crippen LogP contribution in [0.5, 0.6) is 0 Å². The predicted octanol–water partition coefficient (Wildman–Crippen LogP) is 5.39. The van der Waals surface area contributed by atoms with E-state index in [1.165, 1.54) is 10.6 Å². The van der Waals surface area contributed by atoms with E-state index >= 15 is 0 Å². The molecule has 2 atom stereocenters. The van der Waals surface area contributed by atoms with Gasteiger partial charge in [0.1, 0.15) is 6.10 Å². The second-order valence-corrected chi connectivity index (χ2v) is 10.6. The molecule has 156 valence electrons. The topological polar surface area (TPSA) is 30.9 Å². The molecule has 30 heavy (non-hydrogen) atoms. The molecule has 1 saturated heterocycles. The van der Waals surface area contributed by atoms with Gasteiger partial charge in [-0.05, 0) is 19.5 Å². The highest BCUT2D eigenvalue weighted by molar-refractivity contribution is 7.68. The zero-order valence-electron chi connectivity index (χ0n) is 17.3. The molecular formula is C24H27NO3P2. The Kier molecular flexibility index (Phi) is 7.62. The summed E-state index contributed by atoms with van der Waals surface area (Å²) in [5, 5.41) is 2.40. The van der Waals surface area contributed by atoms with Crippen LogP contribution in [0.3, 0.4) is 0 Å². The summed E-state index contributed by atoms with van der Waals surface area (Å²) in [5.74, 6) is 0. The molecular weight excluding hydrogens is 412 g/mol. The van der Waals surface area contributed by atoms with E-state index in [1.54, 1.807) is 0 Å². The van der Waals surface area contributed by atoms with Gasteiger partial charge in [-0.25, -0.2) is 4.67 Å². The molecule has 0 saturated carbocycles. The molecule has 0 aromatic heterocycles. The zero-order valence-corrected chi connectivity index (χ0v) is 19.1. The first kappa shape index (κ1) is 21.6. The van der Waals surface area contributed by atoms with Crippen LogP contribution in [0.2, 0.25) is 0 Å².